The molecular weight excluding hydrogens is 368 g/mol. The van der Waals surface area contributed by atoms with Gasteiger partial charge in [0, 0.05) is 30.2 Å². The summed E-state index contributed by atoms with van der Waals surface area (Å²) in [5.74, 6) is -0.274. The lowest BCUT2D eigenvalue weighted by molar-refractivity contribution is -0.118. The number of nitrogens with one attached hydrogen (secondary N) is 4. The van der Waals surface area contributed by atoms with E-state index in [1.54, 1.807) is 31.6 Å². The number of benzene rings is 1. The van der Waals surface area contributed by atoms with Crippen LogP contribution in [0.4, 0.5) is 4.79 Å². The quantitative estimate of drug-likeness (QED) is 0.538. The highest BCUT2D eigenvalue weighted by molar-refractivity contribution is 5.98. The van der Waals surface area contributed by atoms with Gasteiger partial charge in [0.15, 0.2) is 0 Å². The van der Waals surface area contributed by atoms with E-state index in [9.17, 15) is 9.59 Å². The van der Waals surface area contributed by atoms with Crippen LogP contribution in [0.3, 0.4) is 0 Å². The van der Waals surface area contributed by atoms with E-state index in [0.29, 0.717) is 17.8 Å². The van der Waals surface area contributed by atoms with Crippen LogP contribution >= 0.6 is 0 Å². The maximum absolute atomic E-state index is 13.0. The number of H-pyrrole nitrogens is 1. The summed E-state index contributed by atoms with van der Waals surface area (Å²) in [4.78, 5) is 29.1. The van der Waals surface area contributed by atoms with Gasteiger partial charge >= 0.3 is 6.03 Å². The van der Waals surface area contributed by atoms with Crippen LogP contribution in [0.1, 0.15) is 24.1 Å². The van der Waals surface area contributed by atoms with Crippen LogP contribution in [0.2, 0.25) is 0 Å². The normalized spacial score (nSPS) is 16.2. The lowest BCUT2D eigenvalue weighted by atomic mass is 9.96. The molecule has 8 heteroatoms. The number of urea groups is 1. The summed E-state index contributed by atoms with van der Waals surface area (Å²) in [6.07, 6.45) is 4.98. The Morgan fingerprint density at radius 3 is 2.72 bits per heavy atom. The van der Waals surface area contributed by atoms with Crippen molar-refractivity contribution in [3.63, 3.8) is 0 Å². The third kappa shape index (κ3) is 3.86. The van der Waals surface area contributed by atoms with Gasteiger partial charge in [0.2, 0.25) is 0 Å². The van der Waals surface area contributed by atoms with Crippen LogP contribution in [0.15, 0.2) is 72.3 Å². The summed E-state index contributed by atoms with van der Waals surface area (Å²) < 4.78 is 0. The number of aromatic amines is 1. The van der Waals surface area contributed by atoms with Crippen molar-refractivity contribution >= 4 is 11.9 Å². The van der Waals surface area contributed by atoms with E-state index in [1.807, 2.05) is 36.4 Å². The van der Waals surface area contributed by atoms with Gasteiger partial charge in [0.05, 0.1) is 23.5 Å². The van der Waals surface area contributed by atoms with E-state index in [4.69, 9.17) is 0 Å². The second-order valence-electron chi connectivity index (χ2n) is 6.68. The molecule has 4 rings (SSSR count). The van der Waals surface area contributed by atoms with Crippen molar-refractivity contribution in [2.24, 2.45) is 0 Å². The predicted octanol–water partition coefficient (Wildman–Crippen LogP) is 2.42. The number of carbonyl (C=O) groups is 2. The number of amides is 3. The summed E-state index contributed by atoms with van der Waals surface area (Å²) >= 11 is 0. The highest BCUT2D eigenvalue weighted by Gasteiger charge is 2.31. The number of nitrogens with zero attached hydrogens (tertiary/aromatic N) is 2. The van der Waals surface area contributed by atoms with Crippen molar-refractivity contribution in [2.75, 3.05) is 0 Å². The summed E-state index contributed by atoms with van der Waals surface area (Å²) in [5.41, 5.74) is 4.41. The van der Waals surface area contributed by atoms with Gasteiger partial charge in [-0.2, -0.15) is 5.10 Å². The Bertz CT molecular complexity index is 1060. The van der Waals surface area contributed by atoms with Crippen LogP contribution < -0.4 is 16.0 Å². The summed E-state index contributed by atoms with van der Waals surface area (Å²) in [5, 5.41) is 15.5. The van der Waals surface area contributed by atoms with Crippen molar-refractivity contribution in [1.29, 1.82) is 0 Å². The molecule has 0 saturated carbocycles. The number of hydrogen-bond donors (Lipinski definition) is 4. The van der Waals surface area contributed by atoms with Crippen molar-refractivity contribution in [3.05, 3.63) is 83.5 Å². The van der Waals surface area contributed by atoms with Gasteiger partial charge in [-0.1, -0.05) is 36.4 Å². The minimum absolute atomic E-state index is 0.274. The number of hydrogen-bond acceptors (Lipinski definition) is 4. The van der Waals surface area contributed by atoms with Crippen LogP contribution in [-0.4, -0.2) is 27.1 Å². The first-order valence-corrected chi connectivity index (χ1v) is 9.17. The van der Waals surface area contributed by atoms with Crippen LogP contribution in [-0.2, 0) is 11.3 Å². The molecule has 0 radical (unpaired) electrons. The van der Waals surface area contributed by atoms with Crippen LogP contribution in [0.25, 0.3) is 11.3 Å². The summed E-state index contributed by atoms with van der Waals surface area (Å²) in [7, 11) is 0. The van der Waals surface area contributed by atoms with Gasteiger partial charge < -0.3 is 16.0 Å². The Morgan fingerprint density at radius 2 is 1.97 bits per heavy atom. The molecule has 0 unspecified atom stereocenters. The van der Waals surface area contributed by atoms with Crippen molar-refractivity contribution in [3.8, 4) is 11.3 Å². The molecule has 0 saturated heterocycles. The first-order valence-electron chi connectivity index (χ1n) is 9.17. The van der Waals surface area contributed by atoms with Gasteiger partial charge in [-0.25, -0.2) is 4.79 Å². The molecule has 0 spiro atoms. The molecule has 1 aromatic carbocycles. The molecule has 146 valence electrons. The van der Waals surface area contributed by atoms with Crippen molar-refractivity contribution in [2.45, 2.75) is 19.5 Å². The molecule has 1 aliphatic heterocycles. The summed E-state index contributed by atoms with van der Waals surface area (Å²) in [6, 6.07) is 12.5. The SMILES string of the molecule is CC1=C(C(=O)NCc2cn[nH]c2-c2ccccc2)[C@H](c2cccnc2)NC(=O)N1. The number of allylic oxidation sites excluding steroid dienone is 1. The molecule has 3 aromatic rings. The number of aromatic nitrogens is 3. The Balaban J connectivity index is 1.56. The largest absolute Gasteiger partial charge is 0.348 e. The zero-order valence-corrected chi connectivity index (χ0v) is 15.8. The Kier molecular flexibility index (Phi) is 5.07. The average molecular weight is 388 g/mol. The minimum Gasteiger partial charge on any atom is -0.348 e. The first kappa shape index (κ1) is 18.4. The van der Waals surface area contributed by atoms with Gasteiger partial charge in [-0.15, -0.1) is 0 Å². The molecule has 29 heavy (non-hydrogen) atoms. The monoisotopic (exact) mass is 388 g/mol. The zero-order valence-electron chi connectivity index (χ0n) is 15.8. The Morgan fingerprint density at radius 1 is 1.14 bits per heavy atom. The number of rotatable bonds is 5. The fourth-order valence-corrected chi connectivity index (χ4v) is 3.36. The topological polar surface area (TPSA) is 112 Å². The van der Waals surface area contributed by atoms with Crippen molar-refractivity contribution in [1.82, 2.24) is 31.1 Å². The van der Waals surface area contributed by atoms with E-state index in [1.165, 1.54) is 0 Å². The average Bonchev–Trinajstić information content (AvgIpc) is 3.21. The van der Waals surface area contributed by atoms with Crippen molar-refractivity contribution < 1.29 is 9.59 Å². The smallest absolute Gasteiger partial charge is 0.319 e. The first-order chi connectivity index (χ1) is 14.1. The van der Waals surface area contributed by atoms with E-state index in [2.05, 4.69) is 31.1 Å². The molecule has 0 aliphatic carbocycles. The van der Waals surface area contributed by atoms with Crippen LogP contribution in [0, 0.1) is 0 Å². The highest BCUT2D eigenvalue weighted by atomic mass is 16.2. The molecule has 3 amide bonds. The molecule has 0 bridgehead atoms. The van der Waals surface area contributed by atoms with E-state index >= 15 is 0 Å². The maximum atomic E-state index is 13.0. The molecule has 1 aliphatic rings. The predicted molar refractivity (Wildman–Crippen MR) is 107 cm³/mol. The van der Waals surface area contributed by atoms with Gasteiger partial charge in [-0.3, -0.25) is 14.9 Å². The van der Waals surface area contributed by atoms with E-state index < -0.39 is 6.04 Å². The van der Waals surface area contributed by atoms with E-state index in [0.717, 1.165) is 22.4 Å². The molecular formula is C21H20N6O2. The molecule has 4 N–H and O–H groups in total. The van der Waals surface area contributed by atoms with Gasteiger partial charge in [-0.05, 0) is 24.1 Å². The fourth-order valence-electron chi connectivity index (χ4n) is 3.36. The lowest BCUT2D eigenvalue weighted by Crippen LogP contribution is -2.46. The Hall–Kier alpha value is -3.94. The van der Waals surface area contributed by atoms with E-state index in [-0.39, 0.29) is 11.9 Å². The lowest BCUT2D eigenvalue weighted by Gasteiger charge is -2.28. The maximum Gasteiger partial charge on any atom is 0.319 e. The second-order valence-corrected chi connectivity index (χ2v) is 6.68. The third-order valence-corrected chi connectivity index (χ3v) is 4.75. The number of carbonyl (C=O) groups excluding carboxylic acids is 2. The number of pyridine rings is 1. The zero-order chi connectivity index (χ0) is 20.2. The second kappa shape index (κ2) is 7.97. The fraction of sp³-hybridized carbons (Fsp3) is 0.143. The van der Waals surface area contributed by atoms with Crippen LogP contribution in [0.5, 0.6) is 0 Å². The highest BCUT2D eigenvalue weighted by Crippen LogP contribution is 2.26. The molecule has 3 heterocycles. The molecule has 8 nitrogen and oxygen atoms in total. The molecule has 1 atom stereocenters. The van der Waals surface area contributed by atoms with Gasteiger partial charge in [0.1, 0.15) is 0 Å². The standard InChI is InChI=1S/C21H20N6O2/c1-13-17(19(26-21(29)25-13)15-8-5-9-22-10-15)20(28)23-11-16-12-24-27-18(16)14-6-3-2-4-7-14/h2-10,12,19H,11H2,1H3,(H,23,28)(H,24,27)(H2,25,26,29)/t19-/m0/s1. The third-order valence-electron chi connectivity index (χ3n) is 4.75. The molecule has 0 fully saturated rings. The Labute approximate surface area is 167 Å². The summed E-state index contributed by atoms with van der Waals surface area (Å²) in [6.45, 7) is 2.01. The minimum atomic E-state index is -0.574. The van der Waals surface area contributed by atoms with Gasteiger partial charge in [0.25, 0.3) is 5.91 Å². The molecule has 2 aromatic heterocycles.